The van der Waals surface area contributed by atoms with Crippen molar-refractivity contribution in [1.82, 2.24) is 10.2 Å². The molecule has 2 aromatic carbocycles. The number of carbonyl (C=O) groups is 1. The highest BCUT2D eigenvalue weighted by atomic mass is 16.5. The number of nitrogens with one attached hydrogen (secondary N) is 2. The van der Waals surface area contributed by atoms with Crippen LogP contribution in [0.2, 0.25) is 0 Å². The van der Waals surface area contributed by atoms with Gasteiger partial charge in [-0.05, 0) is 36.2 Å². The van der Waals surface area contributed by atoms with Gasteiger partial charge in [0, 0.05) is 31.9 Å². The topological polar surface area (TPSA) is 62.8 Å². The van der Waals surface area contributed by atoms with Crippen molar-refractivity contribution in [3.63, 3.8) is 0 Å². The summed E-state index contributed by atoms with van der Waals surface area (Å²) in [5.74, 6) is 0.821. The lowest BCUT2D eigenvalue weighted by Gasteiger charge is -2.26. The highest BCUT2D eigenvalue weighted by Gasteiger charge is 2.10. The molecule has 0 spiro atoms. The number of para-hydroxylation sites is 1. The molecule has 1 saturated heterocycles. The SMILES string of the molecule is Cc1ccccc1NC(=O)NCc1cccc(OCCN2CCOCC2)c1. The number of carbonyl (C=O) groups excluding carboxylic acids is 1. The van der Waals surface area contributed by atoms with E-state index >= 15 is 0 Å². The Bertz CT molecular complexity index is 745. The minimum absolute atomic E-state index is 0.220. The molecule has 27 heavy (non-hydrogen) atoms. The molecule has 1 aliphatic rings. The number of hydrogen-bond acceptors (Lipinski definition) is 4. The van der Waals surface area contributed by atoms with Gasteiger partial charge >= 0.3 is 6.03 Å². The Labute approximate surface area is 160 Å². The number of hydrogen-bond donors (Lipinski definition) is 2. The lowest BCUT2D eigenvalue weighted by molar-refractivity contribution is 0.0322. The Balaban J connectivity index is 1.43. The summed E-state index contributed by atoms with van der Waals surface area (Å²) in [5.41, 5.74) is 2.84. The van der Waals surface area contributed by atoms with E-state index in [-0.39, 0.29) is 6.03 Å². The van der Waals surface area contributed by atoms with Crippen LogP contribution in [0.1, 0.15) is 11.1 Å². The Kier molecular flexibility index (Phi) is 7.07. The molecule has 2 N–H and O–H groups in total. The van der Waals surface area contributed by atoms with E-state index in [1.807, 2.05) is 55.5 Å². The van der Waals surface area contributed by atoms with Gasteiger partial charge in [0.1, 0.15) is 12.4 Å². The standard InChI is InChI=1S/C21H27N3O3/c1-17-5-2-3-8-20(17)23-21(25)22-16-18-6-4-7-19(15-18)27-14-11-24-9-12-26-13-10-24/h2-8,15H,9-14,16H2,1H3,(H2,22,23,25). The summed E-state index contributed by atoms with van der Waals surface area (Å²) in [6.45, 7) is 7.46. The molecule has 0 unspecified atom stereocenters. The van der Waals surface area contributed by atoms with Crippen LogP contribution in [0.25, 0.3) is 0 Å². The molecule has 1 fully saturated rings. The number of benzene rings is 2. The van der Waals surface area contributed by atoms with Crippen LogP contribution >= 0.6 is 0 Å². The molecule has 6 nitrogen and oxygen atoms in total. The highest BCUT2D eigenvalue weighted by molar-refractivity contribution is 5.89. The fraction of sp³-hybridized carbons (Fsp3) is 0.381. The molecule has 1 aliphatic heterocycles. The third-order valence-corrected chi connectivity index (χ3v) is 4.52. The van der Waals surface area contributed by atoms with Gasteiger partial charge in [0.05, 0.1) is 13.2 Å². The van der Waals surface area contributed by atoms with Crippen molar-refractivity contribution in [3.8, 4) is 5.75 Å². The maximum Gasteiger partial charge on any atom is 0.319 e. The van der Waals surface area contributed by atoms with Gasteiger partial charge in [-0.25, -0.2) is 4.79 Å². The second kappa shape index (κ2) is 9.94. The lowest BCUT2D eigenvalue weighted by atomic mass is 10.2. The molecule has 0 radical (unpaired) electrons. The first-order chi connectivity index (χ1) is 13.2. The average molecular weight is 369 g/mol. The van der Waals surface area contributed by atoms with Crippen LogP contribution in [0.3, 0.4) is 0 Å². The van der Waals surface area contributed by atoms with Crippen molar-refractivity contribution in [3.05, 3.63) is 59.7 Å². The van der Waals surface area contributed by atoms with Crippen molar-refractivity contribution in [1.29, 1.82) is 0 Å². The van der Waals surface area contributed by atoms with E-state index in [0.29, 0.717) is 13.2 Å². The summed E-state index contributed by atoms with van der Waals surface area (Å²) < 4.78 is 11.2. The van der Waals surface area contributed by atoms with E-state index in [0.717, 1.165) is 55.4 Å². The van der Waals surface area contributed by atoms with Crippen LogP contribution in [-0.2, 0) is 11.3 Å². The minimum atomic E-state index is -0.220. The van der Waals surface area contributed by atoms with Crippen LogP contribution in [0.5, 0.6) is 5.75 Å². The Morgan fingerprint density at radius 2 is 1.96 bits per heavy atom. The van der Waals surface area contributed by atoms with Crippen LogP contribution in [0.4, 0.5) is 10.5 Å². The largest absolute Gasteiger partial charge is 0.492 e. The van der Waals surface area contributed by atoms with E-state index < -0.39 is 0 Å². The summed E-state index contributed by atoms with van der Waals surface area (Å²) in [5, 5.41) is 5.75. The maximum absolute atomic E-state index is 12.1. The molecule has 0 saturated carbocycles. The van der Waals surface area contributed by atoms with Gasteiger partial charge < -0.3 is 20.1 Å². The third kappa shape index (κ3) is 6.27. The van der Waals surface area contributed by atoms with Gasteiger partial charge in [-0.15, -0.1) is 0 Å². The first-order valence-electron chi connectivity index (χ1n) is 9.33. The number of rotatable bonds is 7. The molecule has 2 amide bonds. The second-order valence-electron chi connectivity index (χ2n) is 6.57. The monoisotopic (exact) mass is 369 g/mol. The predicted octanol–water partition coefficient (Wildman–Crippen LogP) is 3.03. The zero-order chi connectivity index (χ0) is 18.9. The molecule has 0 bridgehead atoms. The molecular formula is C21H27N3O3. The maximum atomic E-state index is 12.1. The van der Waals surface area contributed by atoms with Gasteiger partial charge in [-0.2, -0.15) is 0 Å². The molecule has 3 rings (SSSR count). The van der Waals surface area contributed by atoms with Crippen LogP contribution in [-0.4, -0.2) is 50.4 Å². The molecule has 2 aromatic rings. The number of ether oxygens (including phenoxy) is 2. The summed E-state index contributed by atoms with van der Waals surface area (Å²) in [6.07, 6.45) is 0. The molecule has 0 aromatic heterocycles. The van der Waals surface area contributed by atoms with Gasteiger partial charge in [0.2, 0.25) is 0 Å². The number of urea groups is 1. The lowest BCUT2D eigenvalue weighted by Crippen LogP contribution is -2.38. The second-order valence-corrected chi connectivity index (χ2v) is 6.57. The van der Waals surface area contributed by atoms with Crippen molar-refractivity contribution in [2.45, 2.75) is 13.5 Å². The molecule has 0 atom stereocenters. The Morgan fingerprint density at radius 1 is 1.15 bits per heavy atom. The van der Waals surface area contributed by atoms with E-state index in [2.05, 4.69) is 15.5 Å². The number of nitrogens with zero attached hydrogens (tertiary/aromatic N) is 1. The molecular weight excluding hydrogens is 342 g/mol. The summed E-state index contributed by atoms with van der Waals surface area (Å²) in [7, 11) is 0. The minimum Gasteiger partial charge on any atom is -0.492 e. The van der Waals surface area contributed by atoms with E-state index in [4.69, 9.17) is 9.47 Å². The summed E-state index contributed by atoms with van der Waals surface area (Å²) in [4.78, 5) is 14.4. The van der Waals surface area contributed by atoms with Crippen LogP contribution < -0.4 is 15.4 Å². The number of amides is 2. The number of morpholine rings is 1. The fourth-order valence-corrected chi connectivity index (χ4v) is 2.92. The zero-order valence-corrected chi connectivity index (χ0v) is 15.7. The summed E-state index contributed by atoms with van der Waals surface area (Å²) in [6, 6.07) is 15.3. The fourth-order valence-electron chi connectivity index (χ4n) is 2.92. The average Bonchev–Trinajstić information content (AvgIpc) is 2.69. The smallest absolute Gasteiger partial charge is 0.319 e. The molecule has 0 aliphatic carbocycles. The molecule has 6 heteroatoms. The third-order valence-electron chi connectivity index (χ3n) is 4.52. The van der Waals surface area contributed by atoms with E-state index in [1.54, 1.807) is 0 Å². The number of aryl methyl sites for hydroxylation is 1. The van der Waals surface area contributed by atoms with Crippen molar-refractivity contribution < 1.29 is 14.3 Å². The van der Waals surface area contributed by atoms with Gasteiger partial charge in [-0.1, -0.05) is 30.3 Å². The first-order valence-corrected chi connectivity index (χ1v) is 9.33. The quantitative estimate of drug-likeness (QED) is 0.788. The van der Waals surface area contributed by atoms with Gasteiger partial charge in [0.25, 0.3) is 0 Å². The van der Waals surface area contributed by atoms with E-state index in [1.165, 1.54) is 0 Å². The number of anilines is 1. The van der Waals surface area contributed by atoms with Gasteiger partial charge in [-0.3, -0.25) is 4.90 Å². The van der Waals surface area contributed by atoms with Crippen molar-refractivity contribution >= 4 is 11.7 Å². The van der Waals surface area contributed by atoms with Crippen LogP contribution in [0, 0.1) is 6.92 Å². The Hall–Kier alpha value is -2.57. The van der Waals surface area contributed by atoms with Gasteiger partial charge in [0.15, 0.2) is 0 Å². The molecule has 1 heterocycles. The normalized spacial score (nSPS) is 14.6. The van der Waals surface area contributed by atoms with Crippen LogP contribution in [0.15, 0.2) is 48.5 Å². The highest BCUT2D eigenvalue weighted by Crippen LogP contribution is 2.15. The Morgan fingerprint density at radius 3 is 2.78 bits per heavy atom. The van der Waals surface area contributed by atoms with Crippen molar-refractivity contribution in [2.24, 2.45) is 0 Å². The first kappa shape index (κ1) is 19.2. The zero-order valence-electron chi connectivity index (χ0n) is 15.7. The molecule has 144 valence electrons. The summed E-state index contributed by atoms with van der Waals surface area (Å²) >= 11 is 0. The predicted molar refractivity (Wildman–Crippen MR) is 106 cm³/mol. The van der Waals surface area contributed by atoms with Crippen molar-refractivity contribution in [2.75, 3.05) is 44.8 Å². The van der Waals surface area contributed by atoms with E-state index in [9.17, 15) is 4.79 Å².